The van der Waals surface area contributed by atoms with E-state index in [1.165, 1.54) is 11.8 Å². The van der Waals surface area contributed by atoms with Crippen LogP contribution in [0.2, 0.25) is 0 Å². The molecule has 2 heterocycles. The predicted molar refractivity (Wildman–Crippen MR) is 107 cm³/mol. The normalized spacial score (nSPS) is 16.7. The standard InChI is InChI=1S/C19H21N5O3S/c1-3-20-19(25)14-9-21-18-17(14)23-16(10-22-18)27-12-6-4-11-5-7-15(13(11)8-12)24-28(2)26/h4,6,8-10,15,24H,3,5,7H2,1-2H3,(H,20,25)(H,21,22). The molecule has 146 valence electrons. The van der Waals surface area contributed by atoms with Crippen LogP contribution in [0.15, 0.2) is 30.6 Å². The molecule has 0 saturated heterocycles. The number of carbonyl (C=O) groups excluding carboxylic acids is 1. The Labute approximate surface area is 164 Å². The molecule has 1 aliphatic carbocycles. The van der Waals surface area contributed by atoms with Gasteiger partial charge in [-0.1, -0.05) is 6.07 Å². The summed E-state index contributed by atoms with van der Waals surface area (Å²) in [6, 6.07) is 5.90. The SMILES string of the molecule is CCNC(=O)c1c[nH]c2ncc(Oc3ccc4c(c3)C(NS(C)=O)CC4)nc12. The second-order valence-electron chi connectivity index (χ2n) is 6.59. The van der Waals surface area contributed by atoms with Crippen LogP contribution in [0.5, 0.6) is 11.6 Å². The van der Waals surface area contributed by atoms with E-state index in [-0.39, 0.29) is 11.9 Å². The van der Waals surface area contributed by atoms with Crippen molar-refractivity contribution >= 4 is 28.1 Å². The number of hydrogen-bond acceptors (Lipinski definition) is 5. The minimum Gasteiger partial charge on any atom is -0.437 e. The third-order valence-electron chi connectivity index (χ3n) is 4.67. The second kappa shape index (κ2) is 7.69. The van der Waals surface area contributed by atoms with Crippen molar-refractivity contribution in [2.24, 2.45) is 0 Å². The van der Waals surface area contributed by atoms with E-state index in [0.717, 1.165) is 18.4 Å². The molecule has 0 aliphatic heterocycles. The van der Waals surface area contributed by atoms with Gasteiger partial charge in [0, 0.05) is 25.0 Å². The number of benzene rings is 1. The summed E-state index contributed by atoms with van der Waals surface area (Å²) in [4.78, 5) is 23.9. The Balaban J connectivity index is 1.61. The fourth-order valence-corrected chi connectivity index (χ4v) is 4.09. The highest BCUT2D eigenvalue weighted by atomic mass is 32.2. The molecular weight excluding hydrogens is 378 g/mol. The van der Waals surface area contributed by atoms with Gasteiger partial charge in [-0.2, -0.15) is 0 Å². The highest BCUT2D eigenvalue weighted by molar-refractivity contribution is 7.82. The molecule has 1 aliphatic rings. The Hall–Kier alpha value is -2.78. The summed E-state index contributed by atoms with van der Waals surface area (Å²) in [7, 11) is -1.08. The van der Waals surface area contributed by atoms with Crippen molar-refractivity contribution in [3.63, 3.8) is 0 Å². The Bertz CT molecular complexity index is 1060. The lowest BCUT2D eigenvalue weighted by Gasteiger charge is -2.13. The van der Waals surface area contributed by atoms with Crippen LogP contribution < -0.4 is 14.8 Å². The van der Waals surface area contributed by atoms with E-state index in [0.29, 0.717) is 34.9 Å². The molecule has 0 spiro atoms. The molecule has 1 amide bonds. The molecule has 28 heavy (non-hydrogen) atoms. The van der Waals surface area contributed by atoms with Gasteiger partial charge in [0.1, 0.15) is 11.3 Å². The van der Waals surface area contributed by atoms with Crippen LogP contribution in [0, 0.1) is 0 Å². The Morgan fingerprint density at radius 3 is 3.07 bits per heavy atom. The van der Waals surface area contributed by atoms with E-state index in [4.69, 9.17) is 4.74 Å². The third kappa shape index (κ3) is 3.63. The van der Waals surface area contributed by atoms with E-state index in [9.17, 15) is 9.00 Å². The van der Waals surface area contributed by atoms with Gasteiger partial charge in [-0.05, 0) is 43.0 Å². The van der Waals surface area contributed by atoms with Gasteiger partial charge in [-0.25, -0.2) is 18.9 Å². The molecule has 3 aromatic rings. The van der Waals surface area contributed by atoms with Crippen LogP contribution in [-0.2, 0) is 17.4 Å². The largest absolute Gasteiger partial charge is 0.437 e. The van der Waals surface area contributed by atoms with Crippen LogP contribution in [0.4, 0.5) is 0 Å². The zero-order valence-electron chi connectivity index (χ0n) is 15.6. The van der Waals surface area contributed by atoms with Gasteiger partial charge in [0.15, 0.2) is 5.65 Å². The monoisotopic (exact) mass is 399 g/mol. The predicted octanol–water partition coefficient (Wildman–Crippen LogP) is 2.37. The molecule has 8 nitrogen and oxygen atoms in total. The molecule has 0 fully saturated rings. The summed E-state index contributed by atoms with van der Waals surface area (Å²) in [5.41, 5.74) is 3.73. The van der Waals surface area contributed by atoms with Crippen molar-refractivity contribution in [3.05, 3.63) is 47.3 Å². The maximum atomic E-state index is 12.2. The topological polar surface area (TPSA) is 109 Å². The van der Waals surface area contributed by atoms with Crippen molar-refractivity contribution < 1.29 is 13.7 Å². The number of rotatable bonds is 6. The van der Waals surface area contributed by atoms with Gasteiger partial charge >= 0.3 is 0 Å². The van der Waals surface area contributed by atoms with E-state index < -0.39 is 11.0 Å². The molecule has 0 radical (unpaired) electrons. The van der Waals surface area contributed by atoms with E-state index in [1.807, 2.05) is 25.1 Å². The van der Waals surface area contributed by atoms with E-state index >= 15 is 0 Å². The van der Waals surface area contributed by atoms with E-state index in [1.54, 1.807) is 12.5 Å². The van der Waals surface area contributed by atoms with Crippen LogP contribution in [0.3, 0.4) is 0 Å². The molecule has 2 unspecified atom stereocenters. The first kappa shape index (κ1) is 18.6. The van der Waals surface area contributed by atoms with Gasteiger partial charge in [-0.15, -0.1) is 0 Å². The highest BCUT2D eigenvalue weighted by Crippen LogP contribution is 2.35. The number of hydrogen-bond donors (Lipinski definition) is 3. The fourth-order valence-electron chi connectivity index (χ4n) is 3.44. The van der Waals surface area contributed by atoms with Gasteiger partial charge in [0.25, 0.3) is 5.91 Å². The Morgan fingerprint density at radius 1 is 1.43 bits per heavy atom. The lowest BCUT2D eigenvalue weighted by atomic mass is 10.1. The Morgan fingerprint density at radius 2 is 2.29 bits per heavy atom. The first-order valence-electron chi connectivity index (χ1n) is 9.07. The van der Waals surface area contributed by atoms with Crippen LogP contribution in [-0.4, -0.2) is 37.9 Å². The third-order valence-corrected chi connectivity index (χ3v) is 5.28. The summed E-state index contributed by atoms with van der Waals surface area (Å²) >= 11 is 0. The van der Waals surface area contributed by atoms with Crippen molar-refractivity contribution in [1.29, 1.82) is 0 Å². The summed E-state index contributed by atoms with van der Waals surface area (Å²) in [5.74, 6) is 0.719. The van der Waals surface area contributed by atoms with Crippen molar-refractivity contribution in [3.8, 4) is 11.6 Å². The van der Waals surface area contributed by atoms with Crippen molar-refractivity contribution in [2.45, 2.75) is 25.8 Å². The zero-order chi connectivity index (χ0) is 19.7. The smallest absolute Gasteiger partial charge is 0.255 e. The molecule has 4 rings (SSSR count). The highest BCUT2D eigenvalue weighted by Gasteiger charge is 2.24. The molecule has 0 bridgehead atoms. The summed E-state index contributed by atoms with van der Waals surface area (Å²) in [6.45, 7) is 2.39. The molecular formula is C19H21N5O3S. The van der Waals surface area contributed by atoms with Crippen LogP contribution in [0.25, 0.3) is 11.2 Å². The van der Waals surface area contributed by atoms with Gasteiger partial charge in [0.2, 0.25) is 5.88 Å². The number of carbonyl (C=O) groups is 1. The number of aromatic amines is 1. The van der Waals surface area contributed by atoms with Crippen molar-refractivity contribution in [2.75, 3.05) is 12.8 Å². The minimum absolute atomic E-state index is 0.0481. The lowest BCUT2D eigenvalue weighted by molar-refractivity contribution is 0.0957. The minimum atomic E-state index is -1.08. The average Bonchev–Trinajstić information content (AvgIpc) is 3.25. The zero-order valence-corrected chi connectivity index (χ0v) is 16.4. The number of fused-ring (bicyclic) bond motifs is 2. The molecule has 0 saturated carbocycles. The summed E-state index contributed by atoms with van der Waals surface area (Å²) in [5, 5.41) is 2.76. The van der Waals surface area contributed by atoms with Crippen LogP contribution >= 0.6 is 0 Å². The fraction of sp³-hybridized carbons (Fsp3) is 0.316. The van der Waals surface area contributed by atoms with Gasteiger partial charge in [0.05, 0.1) is 22.7 Å². The summed E-state index contributed by atoms with van der Waals surface area (Å²) < 4.78 is 20.5. The number of amides is 1. The number of H-pyrrole nitrogens is 1. The lowest BCUT2D eigenvalue weighted by Crippen LogP contribution is -2.22. The molecule has 2 atom stereocenters. The maximum absolute atomic E-state index is 12.2. The molecule has 1 aromatic carbocycles. The van der Waals surface area contributed by atoms with Gasteiger partial charge in [-0.3, -0.25) is 4.79 Å². The maximum Gasteiger partial charge on any atom is 0.255 e. The molecule has 2 aromatic heterocycles. The number of nitrogens with one attached hydrogen (secondary N) is 3. The van der Waals surface area contributed by atoms with Crippen molar-refractivity contribution in [1.82, 2.24) is 25.0 Å². The first-order valence-corrected chi connectivity index (χ1v) is 10.6. The van der Waals surface area contributed by atoms with E-state index in [2.05, 4.69) is 25.0 Å². The average molecular weight is 399 g/mol. The van der Waals surface area contributed by atoms with Crippen LogP contribution in [0.1, 0.15) is 40.9 Å². The number of aryl methyl sites for hydroxylation is 1. The Kier molecular flexibility index (Phi) is 5.10. The van der Waals surface area contributed by atoms with Gasteiger partial charge < -0.3 is 15.0 Å². The molecule has 9 heteroatoms. The summed E-state index contributed by atoms with van der Waals surface area (Å²) in [6.07, 6.45) is 6.59. The molecule has 3 N–H and O–H groups in total. The quantitative estimate of drug-likeness (QED) is 0.590. The number of ether oxygens (including phenoxy) is 1. The second-order valence-corrected chi connectivity index (χ2v) is 7.74. The number of aromatic nitrogens is 3. The number of nitrogens with zero attached hydrogens (tertiary/aromatic N) is 2. The first-order chi connectivity index (χ1) is 13.5.